The van der Waals surface area contributed by atoms with Gasteiger partial charge in [-0.15, -0.1) is 0 Å². The second-order valence-corrected chi connectivity index (χ2v) is 6.14. The van der Waals surface area contributed by atoms with Gasteiger partial charge in [0.25, 0.3) is 0 Å². The van der Waals surface area contributed by atoms with E-state index in [0.29, 0.717) is 5.69 Å². The Labute approximate surface area is 94.6 Å². The zero-order valence-corrected chi connectivity index (χ0v) is 9.97. The van der Waals surface area contributed by atoms with Crippen molar-refractivity contribution in [1.29, 1.82) is 0 Å². The summed E-state index contributed by atoms with van der Waals surface area (Å²) in [5, 5.41) is 2.65. The third kappa shape index (κ3) is 1.71. The predicted molar refractivity (Wildman–Crippen MR) is 61.2 cm³/mol. The summed E-state index contributed by atoms with van der Waals surface area (Å²) in [4.78, 5) is 11.6. The van der Waals surface area contributed by atoms with Crippen LogP contribution >= 0.6 is 0 Å². The summed E-state index contributed by atoms with van der Waals surface area (Å²) in [6, 6.07) is 5.09. The van der Waals surface area contributed by atoms with E-state index in [1.54, 1.807) is 6.07 Å². The average Bonchev–Trinajstić information content (AvgIpc) is 2.15. The van der Waals surface area contributed by atoms with Crippen LogP contribution in [0.2, 0.25) is 0 Å². The Bertz CT molecular complexity index is 546. The van der Waals surface area contributed by atoms with Gasteiger partial charge in [-0.25, -0.2) is 8.42 Å². The Morgan fingerprint density at radius 2 is 2.00 bits per heavy atom. The highest BCUT2D eigenvalue weighted by molar-refractivity contribution is 7.92. The van der Waals surface area contributed by atoms with E-state index in [9.17, 15) is 13.2 Å². The van der Waals surface area contributed by atoms with Crippen LogP contribution in [0, 0.1) is 0 Å². The third-order valence-corrected chi connectivity index (χ3v) is 4.25. The minimum absolute atomic E-state index is 0.170. The number of nitrogens with one attached hydrogen (secondary N) is 1. The molecule has 1 heterocycles. The van der Waals surface area contributed by atoms with Crippen LogP contribution in [0.5, 0.6) is 0 Å². The van der Waals surface area contributed by atoms with Gasteiger partial charge in [-0.1, -0.05) is 26.0 Å². The average molecular weight is 239 g/mol. The summed E-state index contributed by atoms with van der Waals surface area (Å²) in [7, 11) is -3.46. The third-order valence-electron chi connectivity index (χ3n) is 2.60. The Balaban J connectivity index is 2.72. The first kappa shape index (κ1) is 11.1. The van der Waals surface area contributed by atoms with E-state index >= 15 is 0 Å². The number of sulfone groups is 1. The van der Waals surface area contributed by atoms with E-state index in [2.05, 4.69) is 5.32 Å². The van der Waals surface area contributed by atoms with Gasteiger partial charge >= 0.3 is 0 Å². The fourth-order valence-electron chi connectivity index (χ4n) is 1.85. The van der Waals surface area contributed by atoms with Crippen molar-refractivity contribution in [3.63, 3.8) is 0 Å². The van der Waals surface area contributed by atoms with Crippen molar-refractivity contribution in [3.05, 3.63) is 23.8 Å². The maximum absolute atomic E-state index is 11.8. The van der Waals surface area contributed by atoms with Crippen molar-refractivity contribution in [3.8, 4) is 0 Å². The number of rotatable bonds is 1. The second kappa shape index (κ2) is 3.59. The number of hydrogen-bond acceptors (Lipinski definition) is 3. The quantitative estimate of drug-likeness (QED) is 0.808. The van der Waals surface area contributed by atoms with E-state index in [0.717, 1.165) is 5.56 Å². The van der Waals surface area contributed by atoms with Crippen LogP contribution in [0.15, 0.2) is 23.1 Å². The highest BCUT2D eigenvalue weighted by atomic mass is 32.2. The molecule has 0 saturated heterocycles. The van der Waals surface area contributed by atoms with E-state index in [1.165, 1.54) is 6.07 Å². The first-order chi connectivity index (χ1) is 7.42. The van der Waals surface area contributed by atoms with E-state index in [-0.39, 0.29) is 10.8 Å². The molecule has 1 aliphatic heterocycles. The Morgan fingerprint density at radius 1 is 1.31 bits per heavy atom. The summed E-state index contributed by atoms with van der Waals surface area (Å²) in [5.41, 5.74) is 1.31. The molecule has 0 unspecified atom stereocenters. The molecule has 1 aromatic carbocycles. The highest BCUT2D eigenvalue weighted by Crippen LogP contribution is 2.33. The van der Waals surface area contributed by atoms with Crippen molar-refractivity contribution in [2.24, 2.45) is 0 Å². The molecule has 0 saturated carbocycles. The van der Waals surface area contributed by atoms with Gasteiger partial charge in [-0.05, 0) is 17.5 Å². The second-order valence-electron chi connectivity index (χ2n) is 4.18. The molecule has 0 bridgehead atoms. The first-order valence-corrected chi connectivity index (χ1v) is 6.72. The monoisotopic (exact) mass is 239 g/mol. The molecule has 1 aliphatic rings. The molecule has 0 spiro atoms. The van der Waals surface area contributed by atoms with Gasteiger partial charge in [0, 0.05) is 0 Å². The van der Waals surface area contributed by atoms with Crippen LogP contribution < -0.4 is 5.32 Å². The summed E-state index contributed by atoms with van der Waals surface area (Å²) in [6.45, 7) is 3.92. The summed E-state index contributed by atoms with van der Waals surface area (Å²) >= 11 is 0. The lowest BCUT2D eigenvalue weighted by Crippen LogP contribution is -2.30. The molecule has 4 nitrogen and oxygen atoms in total. The van der Waals surface area contributed by atoms with E-state index in [1.807, 2.05) is 19.9 Å². The Morgan fingerprint density at radius 3 is 2.62 bits per heavy atom. The zero-order valence-electron chi connectivity index (χ0n) is 9.15. The molecule has 1 aromatic rings. The first-order valence-electron chi connectivity index (χ1n) is 5.07. The van der Waals surface area contributed by atoms with Gasteiger partial charge in [0.15, 0.2) is 9.84 Å². The molecule has 2 rings (SSSR count). The zero-order chi connectivity index (χ0) is 11.9. The Kier molecular flexibility index (Phi) is 2.50. The molecule has 5 heteroatoms. The van der Waals surface area contributed by atoms with E-state index < -0.39 is 21.5 Å². The lowest BCUT2D eigenvalue weighted by atomic mass is 10.0. The van der Waals surface area contributed by atoms with Gasteiger partial charge in [0.05, 0.1) is 10.6 Å². The standard InChI is InChI=1S/C11H13NO3S/c1-7(2)8-4-3-5-9-11(8)12-10(13)6-16(9,14)15/h3-5,7H,6H2,1-2H3,(H,12,13). The molecule has 0 aromatic heterocycles. The summed E-state index contributed by atoms with van der Waals surface area (Å²) in [5.74, 6) is -0.745. The molecular weight excluding hydrogens is 226 g/mol. The number of anilines is 1. The van der Waals surface area contributed by atoms with Crippen LogP contribution in [0.4, 0.5) is 5.69 Å². The predicted octanol–water partition coefficient (Wildman–Crippen LogP) is 1.54. The molecular formula is C11H13NO3S. The van der Waals surface area contributed by atoms with Crippen LogP contribution in [-0.2, 0) is 14.6 Å². The van der Waals surface area contributed by atoms with Gasteiger partial charge in [-0.3, -0.25) is 4.79 Å². The number of para-hydroxylation sites is 1. The van der Waals surface area contributed by atoms with Crippen molar-refractivity contribution in [2.75, 3.05) is 11.1 Å². The molecule has 0 atom stereocenters. The Hall–Kier alpha value is -1.36. The van der Waals surface area contributed by atoms with Crippen LogP contribution in [-0.4, -0.2) is 20.1 Å². The number of carbonyl (C=O) groups excluding carboxylic acids is 1. The maximum Gasteiger partial charge on any atom is 0.240 e. The number of carbonyl (C=O) groups is 1. The van der Waals surface area contributed by atoms with Gasteiger partial charge < -0.3 is 5.32 Å². The number of hydrogen-bond donors (Lipinski definition) is 1. The molecule has 86 valence electrons. The topological polar surface area (TPSA) is 63.2 Å². The molecule has 1 N–H and O–H groups in total. The molecule has 0 aliphatic carbocycles. The lowest BCUT2D eigenvalue weighted by Gasteiger charge is -2.21. The lowest BCUT2D eigenvalue weighted by molar-refractivity contribution is -0.114. The SMILES string of the molecule is CC(C)c1cccc2c1NC(=O)CS2(=O)=O. The molecule has 1 amide bonds. The molecule has 0 fully saturated rings. The largest absolute Gasteiger partial charge is 0.324 e. The van der Waals surface area contributed by atoms with Crippen LogP contribution in [0.3, 0.4) is 0 Å². The van der Waals surface area contributed by atoms with Crippen LogP contribution in [0.25, 0.3) is 0 Å². The van der Waals surface area contributed by atoms with Gasteiger partial charge in [0.1, 0.15) is 5.75 Å². The molecule has 16 heavy (non-hydrogen) atoms. The summed E-state index contributed by atoms with van der Waals surface area (Å²) < 4.78 is 23.6. The van der Waals surface area contributed by atoms with Crippen molar-refractivity contribution < 1.29 is 13.2 Å². The number of fused-ring (bicyclic) bond motifs is 1. The van der Waals surface area contributed by atoms with Gasteiger partial charge in [0.2, 0.25) is 5.91 Å². The van der Waals surface area contributed by atoms with Crippen molar-refractivity contribution >= 4 is 21.4 Å². The van der Waals surface area contributed by atoms with Crippen LogP contribution in [0.1, 0.15) is 25.3 Å². The number of amides is 1. The normalized spacial score (nSPS) is 18.1. The fourth-order valence-corrected chi connectivity index (χ4v) is 3.19. The molecule has 0 radical (unpaired) electrons. The van der Waals surface area contributed by atoms with Crippen molar-refractivity contribution in [1.82, 2.24) is 0 Å². The summed E-state index contributed by atoms with van der Waals surface area (Å²) in [6.07, 6.45) is 0. The van der Waals surface area contributed by atoms with Gasteiger partial charge in [-0.2, -0.15) is 0 Å². The minimum atomic E-state index is -3.46. The van der Waals surface area contributed by atoms with Crippen molar-refractivity contribution in [2.45, 2.75) is 24.7 Å². The highest BCUT2D eigenvalue weighted by Gasteiger charge is 2.30. The number of benzene rings is 1. The minimum Gasteiger partial charge on any atom is -0.324 e. The maximum atomic E-state index is 11.8. The smallest absolute Gasteiger partial charge is 0.240 e. The fraction of sp³-hybridized carbons (Fsp3) is 0.364. The van der Waals surface area contributed by atoms with E-state index in [4.69, 9.17) is 0 Å².